The first-order valence-corrected chi connectivity index (χ1v) is 7.15. The average Bonchev–Trinajstić information content (AvgIpc) is 2.31. The van der Waals surface area contributed by atoms with Crippen LogP contribution in [0.15, 0.2) is 0 Å². The normalized spacial score (nSPS) is 23.2. The van der Waals surface area contributed by atoms with Crippen molar-refractivity contribution in [1.82, 2.24) is 10.2 Å². The number of nitrogens with zero attached hydrogens (tertiary/aromatic N) is 1. The summed E-state index contributed by atoms with van der Waals surface area (Å²) in [5.41, 5.74) is 0. The molecule has 0 radical (unpaired) electrons. The minimum absolute atomic E-state index is 0.674. The minimum Gasteiger partial charge on any atom is -0.311 e. The number of likely N-dealkylation sites (tertiary alicyclic amines) is 1. The third-order valence-electron chi connectivity index (χ3n) is 4.12. The van der Waals surface area contributed by atoms with Crippen molar-refractivity contribution in [2.75, 3.05) is 19.6 Å². The molecule has 0 amide bonds. The number of piperidine rings is 1. The minimum atomic E-state index is 0.674. The summed E-state index contributed by atoms with van der Waals surface area (Å²) in [6.45, 7) is 13.1. The predicted octanol–water partition coefficient (Wildman–Crippen LogP) is 2.89. The van der Waals surface area contributed by atoms with Crippen molar-refractivity contribution in [3.8, 4) is 0 Å². The van der Waals surface area contributed by atoms with Gasteiger partial charge < -0.3 is 10.2 Å². The molecule has 2 atom stereocenters. The van der Waals surface area contributed by atoms with Crippen molar-refractivity contribution >= 4 is 0 Å². The lowest BCUT2D eigenvalue weighted by atomic mass is 9.97. The summed E-state index contributed by atoms with van der Waals surface area (Å²) in [5, 5.41) is 3.81. The van der Waals surface area contributed by atoms with Gasteiger partial charge in [0.25, 0.3) is 0 Å². The molecule has 0 aromatic heterocycles. The van der Waals surface area contributed by atoms with Gasteiger partial charge in [0.15, 0.2) is 0 Å². The van der Waals surface area contributed by atoms with Gasteiger partial charge in [-0.1, -0.05) is 27.2 Å². The van der Waals surface area contributed by atoms with Gasteiger partial charge in [-0.25, -0.2) is 0 Å². The molecule has 1 aliphatic rings. The van der Waals surface area contributed by atoms with E-state index in [0.717, 1.165) is 12.0 Å². The predicted molar refractivity (Wildman–Crippen MR) is 71.8 cm³/mol. The van der Waals surface area contributed by atoms with Crippen LogP contribution in [0.25, 0.3) is 0 Å². The van der Waals surface area contributed by atoms with Crippen LogP contribution in [-0.2, 0) is 0 Å². The first kappa shape index (κ1) is 14.0. The fourth-order valence-electron chi connectivity index (χ4n) is 2.53. The number of rotatable bonds is 6. The molecule has 0 bridgehead atoms. The second-order valence-corrected chi connectivity index (χ2v) is 5.46. The van der Waals surface area contributed by atoms with Gasteiger partial charge in [0.1, 0.15) is 0 Å². The van der Waals surface area contributed by atoms with Crippen molar-refractivity contribution < 1.29 is 0 Å². The molecule has 0 aromatic carbocycles. The van der Waals surface area contributed by atoms with Gasteiger partial charge in [0, 0.05) is 12.1 Å². The van der Waals surface area contributed by atoms with Crippen LogP contribution in [0.2, 0.25) is 0 Å². The SMILES string of the molecule is CCCN1CCC(NC(C)C(C)CC)CC1. The fourth-order valence-corrected chi connectivity index (χ4v) is 2.53. The van der Waals surface area contributed by atoms with E-state index >= 15 is 0 Å². The lowest BCUT2D eigenvalue weighted by Gasteiger charge is -2.35. The van der Waals surface area contributed by atoms with E-state index in [2.05, 4.69) is 37.9 Å². The van der Waals surface area contributed by atoms with Crippen LogP contribution in [0.4, 0.5) is 0 Å². The lowest BCUT2D eigenvalue weighted by molar-refractivity contribution is 0.185. The molecular weight excluding hydrogens is 196 g/mol. The van der Waals surface area contributed by atoms with Crippen molar-refractivity contribution in [3.63, 3.8) is 0 Å². The van der Waals surface area contributed by atoms with E-state index in [4.69, 9.17) is 0 Å². The molecule has 0 aliphatic carbocycles. The molecule has 2 nitrogen and oxygen atoms in total. The van der Waals surface area contributed by atoms with Crippen molar-refractivity contribution in [3.05, 3.63) is 0 Å². The summed E-state index contributed by atoms with van der Waals surface area (Å²) < 4.78 is 0. The average molecular weight is 226 g/mol. The van der Waals surface area contributed by atoms with E-state index in [-0.39, 0.29) is 0 Å². The van der Waals surface area contributed by atoms with Crippen LogP contribution in [0.1, 0.15) is 53.4 Å². The summed E-state index contributed by atoms with van der Waals surface area (Å²) in [4.78, 5) is 2.60. The molecule has 2 unspecified atom stereocenters. The quantitative estimate of drug-likeness (QED) is 0.749. The molecule has 1 N–H and O–H groups in total. The Bertz CT molecular complexity index is 174. The van der Waals surface area contributed by atoms with Gasteiger partial charge in [0.2, 0.25) is 0 Å². The first-order chi connectivity index (χ1) is 7.67. The third-order valence-corrected chi connectivity index (χ3v) is 4.12. The Morgan fingerprint density at radius 2 is 1.81 bits per heavy atom. The van der Waals surface area contributed by atoms with E-state index in [1.54, 1.807) is 0 Å². The highest BCUT2D eigenvalue weighted by Crippen LogP contribution is 2.14. The Balaban J connectivity index is 2.21. The summed E-state index contributed by atoms with van der Waals surface area (Å²) in [6, 6.07) is 1.44. The van der Waals surface area contributed by atoms with Crippen LogP contribution >= 0.6 is 0 Å². The molecule has 0 aromatic rings. The second-order valence-electron chi connectivity index (χ2n) is 5.46. The molecule has 16 heavy (non-hydrogen) atoms. The summed E-state index contributed by atoms with van der Waals surface area (Å²) in [7, 11) is 0. The molecule has 1 saturated heterocycles. The summed E-state index contributed by atoms with van der Waals surface area (Å²) in [6.07, 6.45) is 5.24. The molecule has 2 heteroatoms. The summed E-state index contributed by atoms with van der Waals surface area (Å²) in [5.74, 6) is 0.800. The highest BCUT2D eigenvalue weighted by molar-refractivity contribution is 4.80. The first-order valence-electron chi connectivity index (χ1n) is 7.15. The van der Waals surface area contributed by atoms with Crippen LogP contribution in [0.3, 0.4) is 0 Å². The van der Waals surface area contributed by atoms with Crippen LogP contribution in [0.5, 0.6) is 0 Å². The third kappa shape index (κ3) is 4.42. The zero-order chi connectivity index (χ0) is 12.0. The molecule has 0 spiro atoms. The zero-order valence-corrected chi connectivity index (χ0v) is 11.6. The highest BCUT2D eigenvalue weighted by atomic mass is 15.1. The standard InChI is InChI=1S/C14H30N2/c1-5-9-16-10-7-14(8-11-16)15-13(4)12(3)6-2/h12-15H,5-11H2,1-4H3. The molecule has 1 fully saturated rings. The van der Waals surface area contributed by atoms with Gasteiger partial charge in [-0.15, -0.1) is 0 Å². The van der Waals surface area contributed by atoms with Gasteiger partial charge in [-0.2, -0.15) is 0 Å². The second kappa shape index (κ2) is 7.29. The Labute approximate surface area is 102 Å². The molecule has 1 rings (SSSR count). The Morgan fingerprint density at radius 3 is 2.31 bits per heavy atom. The van der Waals surface area contributed by atoms with Crippen molar-refractivity contribution in [1.29, 1.82) is 0 Å². The van der Waals surface area contributed by atoms with Gasteiger partial charge >= 0.3 is 0 Å². The topological polar surface area (TPSA) is 15.3 Å². The fraction of sp³-hybridized carbons (Fsp3) is 1.00. The number of nitrogens with one attached hydrogen (secondary N) is 1. The van der Waals surface area contributed by atoms with Crippen LogP contribution < -0.4 is 5.32 Å². The van der Waals surface area contributed by atoms with E-state index in [1.165, 1.54) is 45.3 Å². The molecular formula is C14H30N2. The van der Waals surface area contributed by atoms with Gasteiger partial charge in [-0.3, -0.25) is 0 Å². The summed E-state index contributed by atoms with van der Waals surface area (Å²) >= 11 is 0. The zero-order valence-electron chi connectivity index (χ0n) is 11.6. The maximum atomic E-state index is 3.81. The van der Waals surface area contributed by atoms with Gasteiger partial charge in [0.05, 0.1) is 0 Å². The van der Waals surface area contributed by atoms with Gasteiger partial charge in [-0.05, 0) is 51.7 Å². The van der Waals surface area contributed by atoms with Crippen LogP contribution in [0, 0.1) is 5.92 Å². The Morgan fingerprint density at radius 1 is 1.19 bits per heavy atom. The van der Waals surface area contributed by atoms with E-state index in [0.29, 0.717) is 6.04 Å². The Kier molecular flexibility index (Phi) is 6.37. The molecule has 96 valence electrons. The largest absolute Gasteiger partial charge is 0.311 e. The molecule has 0 saturated carbocycles. The lowest BCUT2D eigenvalue weighted by Crippen LogP contribution is -2.47. The monoisotopic (exact) mass is 226 g/mol. The van der Waals surface area contributed by atoms with E-state index in [1.807, 2.05) is 0 Å². The smallest absolute Gasteiger partial charge is 0.00940 e. The maximum absolute atomic E-state index is 3.81. The highest BCUT2D eigenvalue weighted by Gasteiger charge is 2.21. The number of hydrogen-bond acceptors (Lipinski definition) is 2. The molecule has 1 aliphatic heterocycles. The maximum Gasteiger partial charge on any atom is 0.00940 e. The van der Waals surface area contributed by atoms with E-state index in [9.17, 15) is 0 Å². The molecule has 1 heterocycles. The van der Waals surface area contributed by atoms with Crippen LogP contribution in [-0.4, -0.2) is 36.6 Å². The van der Waals surface area contributed by atoms with Crippen molar-refractivity contribution in [2.24, 2.45) is 5.92 Å². The van der Waals surface area contributed by atoms with E-state index < -0.39 is 0 Å². The van der Waals surface area contributed by atoms with Crippen molar-refractivity contribution in [2.45, 2.75) is 65.5 Å². The number of hydrogen-bond donors (Lipinski definition) is 1. The Hall–Kier alpha value is -0.0800.